The number of nitrogens with zero attached hydrogens (tertiary/aromatic N) is 3. The van der Waals surface area contributed by atoms with Crippen molar-refractivity contribution in [1.82, 2.24) is 14.7 Å². The smallest absolute Gasteiger partial charge is 0.222 e. The average Bonchev–Trinajstić information content (AvgIpc) is 3.20. The monoisotopic (exact) mass is 676 g/mol. The number of hydrogen-bond donors (Lipinski definition) is 0. The molecular formula is C42H81N3O3. The molecule has 0 spiro atoms. The Morgan fingerprint density at radius 2 is 0.458 bits per heavy atom. The maximum atomic E-state index is 13.4. The Labute approximate surface area is 298 Å². The molecule has 0 unspecified atom stereocenters. The highest BCUT2D eigenvalue weighted by molar-refractivity contribution is 5.78. The lowest BCUT2D eigenvalue weighted by atomic mass is 10.1. The molecule has 1 aliphatic rings. The van der Waals surface area contributed by atoms with Gasteiger partial charge in [-0.25, -0.2) is 0 Å². The van der Waals surface area contributed by atoms with E-state index in [0.29, 0.717) is 58.5 Å². The van der Waals surface area contributed by atoms with Gasteiger partial charge in [-0.05, 0) is 19.3 Å². The maximum Gasteiger partial charge on any atom is 0.222 e. The van der Waals surface area contributed by atoms with E-state index in [4.69, 9.17) is 0 Å². The van der Waals surface area contributed by atoms with Crippen LogP contribution in [0.2, 0.25) is 0 Å². The molecule has 3 amide bonds. The summed E-state index contributed by atoms with van der Waals surface area (Å²) in [6.07, 6.45) is 35.2. The molecule has 1 heterocycles. The van der Waals surface area contributed by atoms with Gasteiger partial charge in [0.1, 0.15) is 0 Å². The largest absolute Gasteiger partial charge is 0.339 e. The average molecular weight is 676 g/mol. The lowest BCUT2D eigenvalue weighted by Crippen LogP contribution is -2.41. The second kappa shape index (κ2) is 32.6. The van der Waals surface area contributed by atoms with Gasteiger partial charge in [-0.2, -0.15) is 0 Å². The van der Waals surface area contributed by atoms with E-state index in [0.717, 1.165) is 38.5 Å². The van der Waals surface area contributed by atoms with Gasteiger partial charge in [0, 0.05) is 58.5 Å². The van der Waals surface area contributed by atoms with E-state index in [-0.39, 0.29) is 17.7 Å². The fourth-order valence-corrected chi connectivity index (χ4v) is 7.04. The first kappa shape index (κ1) is 44.4. The van der Waals surface area contributed by atoms with Crippen LogP contribution in [0.15, 0.2) is 0 Å². The molecule has 0 bridgehead atoms. The second-order valence-electron chi connectivity index (χ2n) is 14.9. The summed E-state index contributed by atoms with van der Waals surface area (Å²) in [5.74, 6) is 0.576. The molecule has 0 aliphatic carbocycles. The molecule has 0 aromatic carbocycles. The summed E-state index contributed by atoms with van der Waals surface area (Å²) in [5, 5.41) is 0. The van der Waals surface area contributed by atoms with Gasteiger partial charge in [0.15, 0.2) is 0 Å². The van der Waals surface area contributed by atoms with Crippen LogP contribution in [0.5, 0.6) is 0 Å². The van der Waals surface area contributed by atoms with Gasteiger partial charge in [-0.15, -0.1) is 0 Å². The standard InChI is InChI=1S/C42H81N3O3/c1-4-7-10-13-16-19-22-25-28-31-40(46)43-34-36-44(41(47)32-29-26-23-20-17-14-11-8-5-2)38-39-45(37-35-43)42(48)33-30-27-24-21-18-15-12-9-6-3/h4-39H2,1-3H3. The van der Waals surface area contributed by atoms with Crippen molar-refractivity contribution in [3.05, 3.63) is 0 Å². The minimum Gasteiger partial charge on any atom is -0.339 e. The van der Waals surface area contributed by atoms with Crippen molar-refractivity contribution < 1.29 is 14.4 Å². The van der Waals surface area contributed by atoms with Crippen molar-refractivity contribution >= 4 is 17.7 Å². The van der Waals surface area contributed by atoms with Crippen LogP contribution in [0.25, 0.3) is 0 Å². The van der Waals surface area contributed by atoms with Crippen molar-refractivity contribution in [2.75, 3.05) is 39.3 Å². The summed E-state index contributed by atoms with van der Waals surface area (Å²) in [4.78, 5) is 46.0. The minimum atomic E-state index is 0.192. The molecule has 0 radical (unpaired) electrons. The molecule has 0 N–H and O–H groups in total. The van der Waals surface area contributed by atoms with Crippen molar-refractivity contribution in [2.45, 2.75) is 213 Å². The third-order valence-electron chi connectivity index (χ3n) is 10.5. The quantitative estimate of drug-likeness (QED) is 0.0712. The van der Waals surface area contributed by atoms with Crippen LogP contribution in [-0.4, -0.2) is 71.7 Å². The summed E-state index contributed by atoms with van der Waals surface area (Å²) in [7, 11) is 0. The predicted molar refractivity (Wildman–Crippen MR) is 205 cm³/mol. The van der Waals surface area contributed by atoms with Crippen LogP contribution < -0.4 is 0 Å². The van der Waals surface area contributed by atoms with E-state index in [1.54, 1.807) is 0 Å². The molecule has 6 nitrogen and oxygen atoms in total. The molecule has 0 atom stereocenters. The van der Waals surface area contributed by atoms with Gasteiger partial charge in [0.2, 0.25) is 17.7 Å². The molecule has 0 aromatic rings. The fraction of sp³-hybridized carbons (Fsp3) is 0.929. The van der Waals surface area contributed by atoms with Gasteiger partial charge >= 0.3 is 0 Å². The molecule has 1 aliphatic heterocycles. The first-order valence-electron chi connectivity index (χ1n) is 21.4. The Hall–Kier alpha value is -1.59. The van der Waals surface area contributed by atoms with E-state index in [1.807, 2.05) is 14.7 Å². The number of carbonyl (C=O) groups excluding carboxylic acids is 3. The van der Waals surface area contributed by atoms with Crippen molar-refractivity contribution in [2.24, 2.45) is 0 Å². The molecule has 1 rings (SSSR count). The second-order valence-corrected chi connectivity index (χ2v) is 14.9. The number of carbonyl (C=O) groups is 3. The first-order chi connectivity index (χ1) is 23.5. The molecule has 0 saturated carbocycles. The van der Waals surface area contributed by atoms with Gasteiger partial charge < -0.3 is 14.7 Å². The van der Waals surface area contributed by atoms with Crippen LogP contribution in [-0.2, 0) is 14.4 Å². The predicted octanol–water partition coefficient (Wildman–Crippen LogP) is 11.2. The van der Waals surface area contributed by atoms with Gasteiger partial charge in [-0.1, -0.05) is 175 Å². The molecular weight excluding hydrogens is 594 g/mol. The number of hydrogen-bond acceptors (Lipinski definition) is 3. The highest BCUT2D eigenvalue weighted by Gasteiger charge is 2.24. The molecule has 0 aromatic heterocycles. The molecule has 6 heteroatoms. The van der Waals surface area contributed by atoms with E-state index in [1.165, 1.54) is 135 Å². The summed E-state index contributed by atoms with van der Waals surface area (Å²) in [5.41, 5.74) is 0. The zero-order valence-corrected chi connectivity index (χ0v) is 32.5. The summed E-state index contributed by atoms with van der Waals surface area (Å²) >= 11 is 0. The Balaban J connectivity index is 2.57. The van der Waals surface area contributed by atoms with Crippen LogP contribution in [0, 0.1) is 0 Å². The third kappa shape index (κ3) is 24.5. The van der Waals surface area contributed by atoms with Crippen molar-refractivity contribution in [3.8, 4) is 0 Å². The van der Waals surface area contributed by atoms with Crippen LogP contribution in [0.1, 0.15) is 213 Å². The Morgan fingerprint density at radius 1 is 0.292 bits per heavy atom. The molecule has 282 valence electrons. The van der Waals surface area contributed by atoms with E-state index >= 15 is 0 Å². The normalized spacial score (nSPS) is 14.2. The summed E-state index contributed by atoms with van der Waals surface area (Å²) in [6.45, 7) is 10.3. The van der Waals surface area contributed by atoms with E-state index < -0.39 is 0 Å². The molecule has 1 saturated heterocycles. The zero-order chi connectivity index (χ0) is 34.9. The van der Waals surface area contributed by atoms with Crippen LogP contribution in [0.4, 0.5) is 0 Å². The lowest BCUT2D eigenvalue weighted by molar-refractivity contribution is -0.135. The van der Waals surface area contributed by atoms with Gasteiger partial charge in [-0.3, -0.25) is 14.4 Å². The Kier molecular flexibility index (Phi) is 30.2. The highest BCUT2D eigenvalue weighted by atomic mass is 16.2. The van der Waals surface area contributed by atoms with E-state index in [2.05, 4.69) is 20.8 Å². The van der Waals surface area contributed by atoms with Gasteiger partial charge in [0.05, 0.1) is 0 Å². The minimum absolute atomic E-state index is 0.192. The molecule has 48 heavy (non-hydrogen) atoms. The number of unbranched alkanes of at least 4 members (excludes halogenated alkanes) is 24. The highest BCUT2D eigenvalue weighted by Crippen LogP contribution is 2.15. The lowest BCUT2D eigenvalue weighted by Gasteiger charge is -2.26. The Morgan fingerprint density at radius 3 is 0.646 bits per heavy atom. The molecule has 1 fully saturated rings. The SMILES string of the molecule is CCCCCCCCCCCC(=O)N1CCN(C(=O)CCCCCCCCCCC)CCN(C(=O)CCCCCCCCCCC)CC1. The van der Waals surface area contributed by atoms with Crippen molar-refractivity contribution in [1.29, 1.82) is 0 Å². The van der Waals surface area contributed by atoms with Crippen LogP contribution in [0.3, 0.4) is 0 Å². The van der Waals surface area contributed by atoms with E-state index in [9.17, 15) is 14.4 Å². The maximum absolute atomic E-state index is 13.4. The van der Waals surface area contributed by atoms with Gasteiger partial charge in [0.25, 0.3) is 0 Å². The summed E-state index contributed by atoms with van der Waals surface area (Å²) < 4.78 is 0. The zero-order valence-electron chi connectivity index (χ0n) is 32.5. The van der Waals surface area contributed by atoms with Crippen LogP contribution >= 0.6 is 0 Å². The third-order valence-corrected chi connectivity index (χ3v) is 10.5. The first-order valence-corrected chi connectivity index (χ1v) is 21.4. The topological polar surface area (TPSA) is 60.9 Å². The fourth-order valence-electron chi connectivity index (χ4n) is 7.04. The number of amides is 3. The number of rotatable bonds is 30. The Bertz CT molecular complexity index is 661. The van der Waals surface area contributed by atoms with Crippen molar-refractivity contribution in [3.63, 3.8) is 0 Å². The summed E-state index contributed by atoms with van der Waals surface area (Å²) in [6, 6.07) is 0.